The summed E-state index contributed by atoms with van der Waals surface area (Å²) >= 11 is 0. The van der Waals surface area contributed by atoms with Gasteiger partial charge in [0.1, 0.15) is 5.75 Å². The first-order valence-corrected chi connectivity index (χ1v) is 6.55. The van der Waals surface area contributed by atoms with Crippen LogP contribution in [0, 0.1) is 5.92 Å². The maximum atomic E-state index is 5.82. The van der Waals surface area contributed by atoms with Gasteiger partial charge < -0.3 is 10.1 Å². The van der Waals surface area contributed by atoms with E-state index in [4.69, 9.17) is 4.74 Å². The summed E-state index contributed by atoms with van der Waals surface area (Å²) in [6.45, 7) is 5.97. The maximum absolute atomic E-state index is 5.82. The first kappa shape index (κ1) is 12.4. The van der Waals surface area contributed by atoms with E-state index in [0.29, 0.717) is 6.04 Å². The molecule has 0 unspecified atom stereocenters. The zero-order chi connectivity index (χ0) is 12.1. The second-order valence-corrected chi connectivity index (χ2v) is 5.10. The summed E-state index contributed by atoms with van der Waals surface area (Å²) in [5, 5.41) is 3.41. The molecule has 1 saturated carbocycles. The number of nitrogens with zero attached hydrogens (tertiary/aromatic N) is 1. The standard InChI is InChI=1S/C14H22N2O/c1-11(2)16-9-13-5-7-15-10-14(13)17-8-6-12-3-4-12/h5,7,10-12,16H,3-4,6,8-9H2,1-2H3. The molecule has 0 aliphatic heterocycles. The Labute approximate surface area is 104 Å². The van der Waals surface area contributed by atoms with Gasteiger partial charge in [-0.1, -0.05) is 26.7 Å². The molecule has 1 aromatic heterocycles. The van der Waals surface area contributed by atoms with Gasteiger partial charge in [0.15, 0.2) is 0 Å². The fourth-order valence-corrected chi connectivity index (χ4v) is 1.74. The molecule has 0 amide bonds. The van der Waals surface area contributed by atoms with E-state index in [-0.39, 0.29) is 0 Å². The number of aromatic nitrogens is 1. The van der Waals surface area contributed by atoms with Crippen LogP contribution in [0.1, 0.15) is 38.7 Å². The molecule has 1 fully saturated rings. The van der Waals surface area contributed by atoms with Crippen LogP contribution in [0.2, 0.25) is 0 Å². The first-order chi connectivity index (χ1) is 8.25. The van der Waals surface area contributed by atoms with Gasteiger partial charge in [-0.2, -0.15) is 0 Å². The zero-order valence-corrected chi connectivity index (χ0v) is 10.8. The highest BCUT2D eigenvalue weighted by Crippen LogP contribution is 2.32. The highest BCUT2D eigenvalue weighted by Gasteiger charge is 2.20. The van der Waals surface area contributed by atoms with Crippen LogP contribution in [0.5, 0.6) is 5.75 Å². The fraction of sp³-hybridized carbons (Fsp3) is 0.643. The Kier molecular flexibility index (Phi) is 4.37. The average Bonchev–Trinajstić information content (AvgIpc) is 3.12. The predicted octanol–water partition coefficient (Wildman–Crippen LogP) is 2.76. The number of hydrogen-bond donors (Lipinski definition) is 1. The lowest BCUT2D eigenvalue weighted by Gasteiger charge is -2.13. The third-order valence-electron chi connectivity index (χ3n) is 3.05. The van der Waals surface area contributed by atoms with Crippen molar-refractivity contribution in [2.24, 2.45) is 5.92 Å². The van der Waals surface area contributed by atoms with E-state index >= 15 is 0 Å². The number of rotatable bonds is 7. The fourth-order valence-electron chi connectivity index (χ4n) is 1.74. The maximum Gasteiger partial charge on any atom is 0.142 e. The van der Waals surface area contributed by atoms with Gasteiger partial charge >= 0.3 is 0 Å². The SMILES string of the molecule is CC(C)NCc1ccncc1OCCC1CC1. The van der Waals surface area contributed by atoms with E-state index in [1.807, 2.05) is 18.5 Å². The largest absolute Gasteiger partial charge is 0.492 e. The van der Waals surface area contributed by atoms with Crippen LogP contribution in [0.3, 0.4) is 0 Å². The molecule has 0 bridgehead atoms. The molecule has 0 aromatic carbocycles. The molecule has 1 heterocycles. The number of hydrogen-bond acceptors (Lipinski definition) is 3. The van der Waals surface area contributed by atoms with Crippen molar-refractivity contribution in [2.75, 3.05) is 6.61 Å². The first-order valence-electron chi connectivity index (χ1n) is 6.55. The third kappa shape index (κ3) is 4.35. The van der Waals surface area contributed by atoms with E-state index in [9.17, 15) is 0 Å². The average molecular weight is 234 g/mol. The van der Waals surface area contributed by atoms with Gasteiger partial charge in [0.2, 0.25) is 0 Å². The van der Waals surface area contributed by atoms with Crippen molar-refractivity contribution < 1.29 is 4.74 Å². The van der Waals surface area contributed by atoms with Crippen molar-refractivity contribution in [1.29, 1.82) is 0 Å². The van der Waals surface area contributed by atoms with Crippen molar-refractivity contribution in [3.8, 4) is 5.75 Å². The van der Waals surface area contributed by atoms with Gasteiger partial charge in [-0.25, -0.2) is 0 Å². The molecular weight excluding hydrogens is 212 g/mol. The van der Waals surface area contributed by atoms with Crippen LogP contribution in [0.4, 0.5) is 0 Å². The molecular formula is C14H22N2O. The Morgan fingerprint density at radius 3 is 3.00 bits per heavy atom. The molecule has 0 atom stereocenters. The number of ether oxygens (including phenoxy) is 1. The normalized spacial score (nSPS) is 15.2. The van der Waals surface area contributed by atoms with Gasteiger partial charge in [-0.05, 0) is 18.4 Å². The topological polar surface area (TPSA) is 34.2 Å². The highest BCUT2D eigenvalue weighted by molar-refractivity contribution is 5.29. The zero-order valence-electron chi connectivity index (χ0n) is 10.8. The predicted molar refractivity (Wildman–Crippen MR) is 69.0 cm³/mol. The molecule has 1 aliphatic rings. The molecule has 1 N–H and O–H groups in total. The van der Waals surface area contributed by atoms with Gasteiger partial charge in [0, 0.05) is 24.3 Å². The van der Waals surface area contributed by atoms with E-state index in [0.717, 1.165) is 24.8 Å². The summed E-state index contributed by atoms with van der Waals surface area (Å²) < 4.78 is 5.82. The molecule has 3 heteroatoms. The number of nitrogens with one attached hydrogen (secondary N) is 1. The van der Waals surface area contributed by atoms with Crippen LogP contribution in [-0.2, 0) is 6.54 Å². The molecule has 1 aromatic rings. The van der Waals surface area contributed by atoms with E-state index in [1.165, 1.54) is 24.8 Å². The Bertz CT molecular complexity index is 348. The lowest BCUT2D eigenvalue weighted by molar-refractivity contribution is 0.297. The van der Waals surface area contributed by atoms with Crippen molar-refractivity contribution >= 4 is 0 Å². The molecule has 0 spiro atoms. The Hall–Kier alpha value is -1.09. The lowest BCUT2D eigenvalue weighted by Crippen LogP contribution is -2.22. The minimum absolute atomic E-state index is 0.488. The lowest BCUT2D eigenvalue weighted by atomic mass is 10.2. The van der Waals surface area contributed by atoms with Gasteiger partial charge in [0.05, 0.1) is 12.8 Å². The highest BCUT2D eigenvalue weighted by atomic mass is 16.5. The minimum atomic E-state index is 0.488. The number of pyridine rings is 1. The second-order valence-electron chi connectivity index (χ2n) is 5.10. The molecule has 17 heavy (non-hydrogen) atoms. The van der Waals surface area contributed by atoms with Crippen molar-refractivity contribution in [1.82, 2.24) is 10.3 Å². The molecule has 3 nitrogen and oxygen atoms in total. The van der Waals surface area contributed by atoms with Crippen LogP contribution in [-0.4, -0.2) is 17.6 Å². The van der Waals surface area contributed by atoms with E-state index in [2.05, 4.69) is 24.1 Å². The molecule has 0 saturated heterocycles. The summed E-state index contributed by atoms with van der Waals surface area (Å²) in [7, 11) is 0. The molecule has 2 rings (SSSR count). The third-order valence-corrected chi connectivity index (χ3v) is 3.05. The Morgan fingerprint density at radius 2 is 2.29 bits per heavy atom. The van der Waals surface area contributed by atoms with Crippen molar-refractivity contribution in [3.63, 3.8) is 0 Å². The van der Waals surface area contributed by atoms with Crippen molar-refractivity contribution in [2.45, 2.75) is 45.7 Å². The smallest absolute Gasteiger partial charge is 0.142 e. The van der Waals surface area contributed by atoms with Gasteiger partial charge in [0.25, 0.3) is 0 Å². The van der Waals surface area contributed by atoms with E-state index < -0.39 is 0 Å². The Morgan fingerprint density at radius 1 is 1.47 bits per heavy atom. The van der Waals surface area contributed by atoms with Gasteiger partial charge in [-0.15, -0.1) is 0 Å². The monoisotopic (exact) mass is 234 g/mol. The van der Waals surface area contributed by atoms with Crippen LogP contribution >= 0.6 is 0 Å². The molecule has 1 aliphatic carbocycles. The van der Waals surface area contributed by atoms with Gasteiger partial charge in [-0.3, -0.25) is 4.98 Å². The second kappa shape index (κ2) is 6.01. The quantitative estimate of drug-likeness (QED) is 0.787. The molecule has 94 valence electrons. The van der Waals surface area contributed by atoms with E-state index in [1.54, 1.807) is 0 Å². The molecule has 0 radical (unpaired) electrons. The van der Waals surface area contributed by atoms with Crippen molar-refractivity contribution in [3.05, 3.63) is 24.0 Å². The van der Waals surface area contributed by atoms with Crippen LogP contribution in [0.15, 0.2) is 18.5 Å². The van der Waals surface area contributed by atoms with Crippen LogP contribution < -0.4 is 10.1 Å². The Balaban J connectivity index is 1.84. The summed E-state index contributed by atoms with van der Waals surface area (Å²) in [5.74, 6) is 1.85. The summed E-state index contributed by atoms with van der Waals surface area (Å²) in [6, 6.07) is 2.52. The summed E-state index contributed by atoms with van der Waals surface area (Å²) in [5.41, 5.74) is 1.20. The van der Waals surface area contributed by atoms with Crippen LogP contribution in [0.25, 0.3) is 0 Å². The summed E-state index contributed by atoms with van der Waals surface area (Å²) in [4.78, 5) is 4.13. The summed E-state index contributed by atoms with van der Waals surface area (Å²) in [6.07, 6.45) is 7.61. The minimum Gasteiger partial charge on any atom is -0.492 e.